The Balaban J connectivity index is 1.92. The molecule has 0 aliphatic rings. The molecule has 27 heavy (non-hydrogen) atoms. The second kappa shape index (κ2) is 7.68. The van der Waals surface area contributed by atoms with Crippen molar-refractivity contribution < 1.29 is 24.2 Å². The summed E-state index contributed by atoms with van der Waals surface area (Å²) in [4.78, 5) is 26.6. The second-order valence-electron chi connectivity index (χ2n) is 5.32. The molecule has 2 aromatic heterocycles. The van der Waals surface area contributed by atoms with Crippen LogP contribution in [0.1, 0.15) is 21.9 Å². The number of benzene rings is 1. The van der Waals surface area contributed by atoms with Crippen molar-refractivity contribution in [3.05, 3.63) is 57.4 Å². The first-order valence-corrected chi connectivity index (χ1v) is 8.68. The fraction of sp³-hybridized carbons (Fsp3) is 0.0588. The summed E-state index contributed by atoms with van der Waals surface area (Å²) >= 11 is 7.00. The van der Waals surface area contributed by atoms with Crippen LogP contribution < -0.4 is 0 Å². The van der Waals surface area contributed by atoms with Crippen LogP contribution in [0.15, 0.2) is 44.8 Å². The third kappa shape index (κ3) is 4.39. The normalized spacial score (nSPS) is 11.6. The van der Waals surface area contributed by atoms with Gasteiger partial charge in [0.15, 0.2) is 0 Å². The monoisotopic (exact) mass is 405 g/mol. The van der Waals surface area contributed by atoms with E-state index in [9.17, 15) is 14.7 Å². The molecule has 10 heteroatoms. The summed E-state index contributed by atoms with van der Waals surface area (Å²) in [5, 5.41) is 25.6. The van der Waals surface area contributed by atoms with Crippen molar-refractivity contribution in [2.75, 3.05) is 0 Å². The van der Waals surface area contributed by atoms with Gasteiger partial charge in [-0.25, -0.2) is 14.6 Å². The van der Waals surface area contributed by atoms with Gasteiger partial charge in [-0.15, -0.1) is 5.10 Å². The summed E-state index contributed by atoms with van der Waals surface area (Å²) < 4.78 is 5.63. The molecule has 0 fully saturated rings. The maximum absolute atomic E-state index is 11.5. The number of aliphatic carboxylic acids is 1. The van der Waals surface area contributed by atoms with Gasteiger partial charge in [-0.2, -0.15) is 0 Å². The Bertz CT molecular complexity index is 1060. The number of aromatic carboxylic acids is 1. The molecule has 2 heterocycles. The molecule has 138 valence electrons. The number of furan rings is 1. The minimum absolute atomic E-state index is 0.0414. The number of carboxylic acids is 2. The standard InChI is InChI=1S/C17H12ClN3O5S/c1-8-19-17(21-20-8)27-14(16(24)25)7-10-3-5-13(26-10)11-6-9(15(22)23)2-4-12(11)18/h2-7H,1H3,(H,22,23)(H,24,25)(H,19,20,21)/b14-7-. The first-order valence-electron chi connectivity index (χ1n) is 7.48. The van der Waals surface area contributed by atoms with Crippen molar-refractivity contribution in [3.8, 4) is 11.3 Å². The van der Waals surface area contributed by atoms with E-state index in [2.05, 4.69) is 15.2 Å². The smallest absolute Gasteiger partial charge is 0.342 e. The van der Waals surface area contributed by atoms with Gasteiger partial charge >= 0.3 is 11.9 Å². The van der Waals surface area contributed by atoms with E-state index in [1.54, 1.807) is 19.1 Å². The molecule has 0 aliphatic carbocycles. The summed E-state index contributed by atoms with van der Waals surface area (Å²) in [6, 6.07) is 7.38. The van der Waals surface area contributed by atoms with Crippen LogP contribution in [0, 0.1) is 6.92 Å². The average molecular weight is 406 g/mol. The molecule has 0 unspecified atom stereocenters. The molecule has 3 aromatic rings. The van der Waals surface area contributed by atoms with Gasteiger partial charge in [-0.3, -0.25) is 5.10 Å². The minimum Gasteiger partial charge on any atom is -0.478 e. The Morgan fingerprint density at radius 1 is 1.26 bits per heavy atom. The van der Waals surface area contributed by atoms with Gasteiger partial charge in [0.25, 0.3) is 0 Å². The van der Waals surface area contributed by atoms with Gasteiger partial charge in [0.05, 0.1) is 10.6 Å². The maximum Gasteiger partial charge on any atom is 0.342 e. The van der Waals surface area contributed by atoms with Crippen LogP contribution in [0.25, 0.3) is 17.4 Å². The lowest BCUT2D eigenvalue weighted by Gasteiger charge is -2.02. The van der Waals surface area contributed by atoms with Gasteiger partial charge in [0.2, 0.25) is 5.16 Å². The van der Waals surface area contributed by atoms with Crippen molar-refractivity contribution in [1.82, 2.24) is 15.2 Å². The highest BCUT2D eigenvalue weighted by molar-refractivity contribution is 8.04. The highest BCUT2D eigenvalue weighted by Gasteiger charge is 2.16. The molecule has 0 radical (unpaired) electrons. The number of nitrogens with one attached hydrogen (secondary N) is 1. The van der Waals surface area contributed by atoms with E-state index in [-0.39, 0.29) is 21.4 Å². The minimum atomic E-state index is -1.16. The van der Waals surface area contributed by atoms with Crippen LogP contribution in [0.3, 0.4) is 0 Å². The topological polar surface area (TPSA) is 129 Å². The highest BCUT2D eigenvalue weighted by Crippen LogP contribution is 2.32. The van der Waals surface area contributed by atoms with E-state index in [0.717, 1.165) is 11.8 Å². The van der Waals surface area contributed by atoms with E-state index in [4.69, 9.17) is 21.1 Å². The zero-order chi connectivity index (χ0) is 19.6. The number of aromatic nitrogens is 3. The zero-order valence-corrected chi connectivity index (χ0v) is 15.3. The summed E-state index contributed by atoms with van der Waals surface area (Å²) in [7, 11) is 0. The molecule has 0 bridgehead atoms. The van der Waals surface area contributed by atoms with Gasteiger partial charge in [-0.1, -0.05) is 11.6 Å². The lowest BCUT2D eigenvalue weighted by molar-refractivity contribution is -0.131. The average Bonchev–Trinajstić information content (AvgIpc) is 3.23. The molecule has 0 amide bonds. The second-order valence-corrected chi connectivity index (χ2v) is 6.74. The van der Waals surface area contributed by atoms with E-state index in [1.807, 2.05) is 0 Å². The lowest BCUT2D eigenvalue weighted by atomic mass is 10.1. The van der Waals surface area contributed by atoms with E-state index >= 15 is 0 Å². The van der Waals surface area contributed by atoms with Crippen LogP contribution in [0.5, 0.6) is 0 Å². The lowest BCUT2D eigenvalue weighted by Crippen LogP contribution is -1.97. The molecule has 8 nitrogen and oxygen atoms in total. The number of hydrogen-bond acceptors (Lipinski definition) is 6. The molecule has 0 atom stereocenters. The predicted octanol–water partition coefficient (Wildman–Crippen LogP) is 3.94. The molecule has 0 saturated carbocycles. The number of nitrogens with zero attached hydrogens (tertiary/aromatic N) is 2. The maximum atomic E-state index is 11.5. The SMILES string of the molecule is Cc1nc(S/C(=C\c2ccc(-c3cc(C(=O)O)ccc3Cl)o2)C(=O)O)n[nH]1. The third-order valence-corrected chi connectivity index (χ3v) is 4.57. The Labute approximate surface area is 161 Å². The Morgan fingerprint density at radius 3 is 2.67 bits per heavy atom. The number of H-pyrrole nitrogens is 1. The van der Waals surface area contributed by atoms with Crippen molar-refractivity contribution in [1.29, 1.82) is 0 Å². The predicted molar refractivity (Wildman–Crippen MR) is 98.7 cm³/mol. The van der Waals surface area contributed by atoms with Crippen LogP contribution >= 0.6 is 23.4 Å². The van der Waals surface area contributed by atoms with Crippen LogP contribution in [-0.2, 0) is 4.79 Å². The van der Waals surface area contributed by atoms with Crippen LogP contribution in [0.4, 0.5) is 0 Å². The van der Waals surface area contributed by atoms with Crippen molar-refractivity contribution >= 4 is 41.4 Å². The van der Waals surface area contributed by atoms with E-state index in [1.165, 1.54) is 24.3 Å². The molecule has 3 rings (SSSR count). The number of aromatic amines is 1. The third-order valence-electron chi connectivity index (χ3n) is 3.37. The molecule has 1 aromatic carbocycles. The molecule has 0 aliphatic heterocycles. The number of thioether (sulfide) groups is 1. The quantitative estimate of drug-likeness (QED) is 0.415. The van der Waals surface area contributed by atoms with E-state index < -0.39 is 11.9 Å². The Hall–Kier alpha value is -3.04. The zero-order valence-electron chi connectivity index (χ0n) is 13.8. The van der Waals surface area contributed by atoms with Crippen LogP contribution in [-0.4, -0.2) is 37.3 Å². The number of halogens is 1. The number of carbonyl (C=O) groups is 2. The fourth-order valence-electron chi connectivity index (χ4n) is 2.15. The molecular formula is C17H12ClN3O5S. The van der Waals surface area contributed by atoms with Gasteiger partial charge in [0.1, 0.15) is 22.3 Å². The molecule has 0 saturated heterocycles. The summed E-state index contributed by atoms with van der Waals surface area (Å²) in [5.41, 5.74) is 0.454. The first-order chi connectivity index (χ1) is 12.8. The molecule has 3 N–H and O–H groups in total. The number of hydrogen-bond donors (Lipinski definition) is 3. The first kappa shape index (κ1) is 18.7. The Kier molecular flexibility index (Phi) is 5.33. The van der Waals surface area contributed by atoms with Crippen molar-refractivity contribution in [3.63, 3.8) is 0 Å². The fourth-order valence-corrected chi connectivity index (χ4v) is 3.10. The number of carboxylic acid groups (broad SMARTS) is 2. The van der Waals surface area contributed by atoms with E-state index in [0.29, 0.717) is 22.2 Å². The largest absolute Gasteiger partial charge is 0.478 e. The van der Waals surface area contributed by atoms with Gasteiger partial charge in [-0.05, 0) is 49.0 Å². The van der Waals surface area contributed by atoms with Gasteiger partial charge in [0, 0.05) is 11.6 Å². The summed E-state index contributed by atoms with van der Waals surface area (Å²) in [5.74, 6) is -1.11. The van der Waals surface area contributed by atoms with Gasteiger partial charge < -0.3 is 14.6 Å². The van der Waals surface area contributed by atoms with Crippen molar-refractivity contribution in [2.45, 2.75) is 12.1 Å². The van der Waals surface area contributed by atoms with Crippen molar-refractivity contribution in [2.24, 2.45) is 0 Å². The van der Waals surface area contributed by atoms with Crippen LogP contribution in [0.2, 0.25) is 5.02 Å². The highest BCUT2D eigenvalue weighted by atomic mass is 35.5. The summed E-state index contributed by atoms with van der Waals surface area (Å²) in [6.45, 7) is 1.70. The Morgan fingerprint density at radius 2 is 2.04 bits per heavy atom. The molecular weight excluding hydrogens is 394 g/mol. The summed E-state index contributed by atoms with van der Waals surface area (Å²) in [6.07, 6.45) is 1.33. The molecule has 0 spiro atoms. The number of rotatable bonds is 6. The number of aryl methyl sites for hydroxylation is 1.